The third-order valence-electron chi connectivity index (χ3n) is 6.73. The highest BCUT2D eigenvalue weighted by Crippen LogP contribution is 2.40. The van der Waals surface area contributed by atoms with E-state index in [2.05, 4.69) is 47.2 Å². The molecule has 1 aromatic heterocycles. The number of piperazine rings is 1. The minimum absolute atomic E-state index is 0.231. The van der Waals surface area contributed by atoms with Crippen LogP contribution >= 0.6 is 0 Å². The molecule has 2 aliphatic rings. The standard InChI is InChI=1S/C25H34N2O2/c1-26-13-15-27(16-14-26)20-23-11-6-5-10-22(18-24-12-7-17-29-24)25(23,28)19-21-8-3-2-4-9-21/h2-4,7-9,12,17-18,23,28H,5-6,10-11,13-16,19-20H2,1H3/b22-18-. The van der Waals surface area contributed by atoms with E-state index in [-0.39, 0.29) is 5.92 Å². The zero-order valence-electron chi connectivity index (χ0n) is 17.6. The van der Waals surface area contributed by atoms with Crippen molar-refractivity contribution in [1.82, 2.24) is 9.80 Å². The summed E-state index contributed by atoms with van der Waals surface area (Å²) in [7, 11) is 2.19. The summed E-state index contributed by atoms with van der Waals surface area (Å²) in [6.45, 7) is 5.36. The van der Waals surface area contributed by atoms with Gasteiger partial charge in [-0.15, -0.1) is 0 Å². The maximum atomic E-state index is 12.3. The molecule has 4 nitrogen and oxygen atoms in total. The average molecular weight is 395 g/mol. The minimum atomic E-state index is -0.839. The molecule has 1 saturated carbocycles. The lowest BCUT2D eigenvalue weighted by molar-refractivity contribution is -0.00649. The first-order valence-electron chi connectivity index (χ1n) is 11.1. The highest BCUT2D eigenvalue weighted by atomic mass is 16.3. The fourth-order valence-electron chi connectivity index (χ4n) is 4.92. The summed E-state index contributed by atoms with van der Waals surface area (Å²) in [6, 6.07) is 14.4. The van der Waals surface area contributed by atoms with Gasteiger partial charge in [0.1, 0.15) is 5.76 Å². The van der Waals surface area contributed by atoms with E-state index in [1.54, 1.807) is 6.26 Å². The van der Waals surface area contributed by atoms with E-state index < -0.39 is 5.60 Å². The van der Waals surface area contributed by atoms with Gasteiger partial charge in [-0.1, -0.05) is 36.8 Å². The molecule has 2 atom stereocenters. The van der Waals surface area contributed by atoms with Crippen LogP contribution in [-0.2, 0) is 6.42 Å². The van der Waals surface area contributed by atoms with Crippen LogP contribution in [0.25, 0.3) is 6.08 Å². The van der Waals surface area contributed by atoms with Gasteiger partial charge in [0, 0.05) is 45.1 Å². The Hall–Kier alpha value is -1.88. The number of furan rings is 1. The highest BCUT2D eigenvalue weighted by molar-refractivity contribution is 5.51. The fourth-order valence-corrected chi connectivity index (χ4v) is 4.92. The van der Waals surface area contributed by atoms with Gasteiger partial charge in [0.15, 0.2) is 0 Å². The fraction of sp³-hybridized carbons (Fsp3) is 0.520. The molecule has 4 heteroatoms. The number of nitrogens with zero attached hydrogens (tertiary/aromatic N) is 2. The van der Waals surface area contributed by atoms with Crippen molar-refractivity contribution in [2.45, 2.75) is 37.7 Å². The number of likely N-dealkylation sites (N-methyl/N-ethyl adjacent to an activating group) is 1. The van der Waals surface area contributed by atoms with Crippen molar-refractivity contribution < 1.29 is 9.52 Å². The zero-order chi connectivity index (χ0) is 20.1. The molecule has 1 aromatic carbocycles. The number of aliphatic hydroxyl groups is 1. The first-order valence-corrected chi connectivity index (χ1v) is 11.1. The molecule has 0 radical (unpaired) electrons. The summed E-state index contributed by atoms with van der Waals surface area (Å²) in [5.74, 6) is 1.07. The van der Waals surface area contributed by atoms with Crippen LogP contribution in [0.4, 0.5) is 0 Å². The molecule has 0 bridgehead atoms. The highest BCUT2D eigenvalue weighted by Gasteiger charge is 2.42. The van der Waals surface area contributed by atoms with Crippen LogP contribution in [0, 0.1) is 5.92 Å². The second kappa shape index (κ2) is 9.29. The van der Waals surface area contributed by atoms with Crippen LogP contribution in [0.3, 0.4) is 0 Å². The van der Waals surface area contributed by atoms with Gasteiger partial charge < -0.3 is 19.3 Å². The van der Waals surface area contributed by atoms with E-state index in [0.29, 0.717) is 6.42 Å². The molecule has 0 amide bonds. The summed E-state index contributed by atoms with van der Waals surface area (Å²) in [5, 5.41) is 12.3. The predicted octanol–water partition coefficient (Wildman–Crippen LogP) is 4.07. The molecule has 2 fully saturated rings. The molecule has 1 aliphatic carbocycles. The molecule has 1 aliphatic heterocycles. The third-order valence-corrected chi connectivity index (χ3v) is 6.73. The van der Waals surface area contributed by atoms with Gasteiger partial charge in [-0.25, -0.2) is 0 Å². The molecule has 2 aromatic rings. The Labute approximate surface area is 174 Å². The maximum Gasteiger partial charge on any atom is 0.126 e. The number of hydrogen-bond donors (Lipinski definition) is 1. The Morgan fingerprint density at radius 3 is 2.59 bits per heavy atom. The Kier molecular flexibility index (Phi) is 6.53. The van der Waals surface area contributed by atoms with E-state index in [1.165, 1.54) is 12.0 Å². The number of hydrogen-bond acceptors (Lipinski definition) is 4. The SMILES string of the molecule is CN1CCN(CC2CCCC/C(=C/c3ccco3)C2(O)Cc2ccccc2)CC1. The summed E-state index contributed by atoms with van der Waals surface area (Å²) < 4.78 is 5.61. The van der Waals surface area contributed by atoms with Crippen molar-refractivity contribution in [3.05, 3.63) is 65.6 Å². The lowest BCUT2D eigenvalue weighted by Crippen LogP contribution is -2.51. The van der Waals surface area contributed by atoms with Gasteiger partial charge in [0.2, 0.25) is 0 Å². The molecular weight excluding hydrogens is 360 g/mol. The number of benzene rings is 1. The Bertz CT molecular complexity index is 778. The molecule has 0 spiro atoms. The summed E-state index contributed by atoms with van der Waals surface area (Å²) in [4.78, 5) is 4.94. The van der Waals surface area contributed by atoms with Gasteiger partial charge in [0.25, 0.3) is 0 Å². The van der Waals surface area contributed by atoms with Crippen molar-refractivity contribution in [2.24, 2.45) is 5.92 Å². The summed E-state index contributed by atoms with van der Waals surface area (Å²) in [6.07, 6.45) is 8.79. The molecule has 1 saturated heterocycles. The van der Waals surface area contributed by atoms with E-state index >= 15 is 0 Å². The van der Waals surface area contributed by atoms with E-state index in [9.17, 15) is 5.11 Å². The van der Waals surface area contributed by atoms with Crippen LogP contribution in [0.1, 0.15) is 37.0 Å². The van der Waals surface area contributed by atoms with Gasteiger partial charge in [0.05, 0.1) is 11.9 Å². The second-order valence-electron chi connectivity index (χ2n) is 8.82. The normalized spacial score (nSPS) is 28.5. The third kappa shape index (κ3) is 5.00. The van der Waals surface area contributed by atoms with Crippen LogP contribution in [-0.4, -0.2) is 60.3 Å². The van der Waals surface area contributed by atoms with Crippen molar-refractivity contribution in [3.63, 3.8) is 0 Å². The Morgan fingerprint density at radius 2 is 1.86 bits per heavy atom. The predicted molar refractivity (Wildman–Crippen MR) is 118 cm³/mol. The first-order chi connectivity index (χ1) is 14.1. The van der Waals surface area contributed by atoms with Crippen molar-refractivity contribution in [3.8, 4) is 0 Å². The van der Waals surface area contributed by atoms with E-state index in [1.807, 2.05) is 18.2 Å². The first kappa shape index (κ1) is 20.4. The summed E-state index contributed by atoms with van der Waals surface area (Å²) >= 11 is 0. The average Bonchev–Trinajstić information content (AvgIpc) is 3.19. The van der Waals surface area contributed by atoms with Crippen LogP contribution < -0.4 is 0 Å². The summed E-state index contributed by atoms with van der Waals surface area (Å²) in [5.41, 5.74) is 1.49. The zero-order valence-corrected chi connectivity index (χ0v) is 17.6. The van der Waals surface area contributed by atoms with Crippen LogP contribution in [0.2, 0.25) is 0 Å². The van der Waals surface area contributed by atoms with Crippen molar-refractivity contribution in [2.75, 3.05) is 39.8 Å². The second-order valence-corrected chi connectivity index (χ2v) is 8.82. The molecule has 2 heterocycles. The number of rotatable bonds is 5. The minimum Gasteiger partial charge on any atom is -0.465 e. The molecule has 2 unspecified atom stereocenters. The van der Waals surface area contributed by atoms with E-state index in [4.69, 9.17) is 4.42 Å². The molecule has 4 rings (SSSR count). The molecule has 1 N–H and O–H groups in total. The topological polar surface area (TPSA) is 39.9 Å². The van der Waals surface area contributed by atoms with Crippen molar-refractivity contribution >= 4 is 6.08 Å². The van der Waals surface area contributed by atoms with Gasteiger partial charge in [-0.2, -0.15) is 0 Å². The lowest BCUT2D eigenvalue weighted by atomic mass is 9.75. The smallest absolute Gasteiger partial charge is 0.126 e. The van der Waals surface area contributed by atoms with E-state index in [0.717, 1.165) is 63.3 Å². The largest absolute Gasteiger partial charge is 0.465 e. The maximum absolute atomic E-state index is 12.3. The monoisotopic (exact) mass is 394 g/mol. The Morgan fingerprint density at radius 1 is 1.07 bits per heavy atom. The van der Waals surface area contributed by atoms with Crippen LogP contribution in [0.5, 0.6) is 0 Å². The van der Waals surface area contributed by atoms with Gasteiger partial charge >= 0.3 is 0 Å². The quantitative estimate of drug-likeness (QED) is 0.776. The van der Waals surface area contributed by atoms with Gasteiger partial charge in [-0.3, -0.25) is 0 Å². The molecule has 29 heavy (non-hydrogen) atoms. The lowest BCUT2D eigenvalue weighted by Gasteiger charge is -2.42. The molecule has 156 valence electrons. The van der Waals surface area contributed by atoms with Gasteiger partial charge in [-0.05, 0) is 55.7 Å². The van der Waals surface area contributed by atoms with Crippen molar-refractivity contribution in [1.29, 1.82) is 0 Å². The molecular formula is C25H34N2O2. The Balaban J connectivity index is 1.64. The van der Waals surface area contributed by atoms with Crippen LogP contribution in [0.15, 0.2) is 58.7 Å².